The molecule has 2 spiro atoms. The van der Waals surface area contributed by atoms with E-state index in [9.17, 15) is 19.2 Å². The third kappa shape index (κ3) is 5.02. The number of nitrogens with zero attached hydrogens (tertiary/aromatic N) is 6. The summed E-state index contributed by atoms with van der Waals surface area (Å²) in [7, 11) is 1.75. The molecule has 270 valence electrons. The lowest BCUT2D eigenvalue weighted by Crippen LogP contribution is -2.59. The molecule has 2 saturated carbocycles. The summed E-state index contributed by atoms with van der Waals surface area (Å²) >= 11 is 0. The smallest absolute Gasteiger partial charge is 0.329 e. The third-order valence-corrected chi connectivity index (χ3v) is 13.4. The second kappa shape index (κ2) is 11.5. The molecule has 1 aromatic carbocycles. The highest BCUT2D eigenvalue weighted by Crippen LogP contribution is 2.52. The van der Waals surface area contributed by atoms with Gasteiger partial charge in [0.05, 0.1) is 16.6 Å². The van der Waals surface area contributed by atoms with Crippen LogP contribution in [-0.4, -0.2) is 93.6 Å². The molecule has 52 heavy (non-hydrogen) atoms. The van der Waals surface area contributed by atoms with Crippen LogP contribution in [0.1, 0.15) is 73.5 Å². The number of hydrogen-bond donors (Lipinski definition) is 3. The van der Waals surface area contributed by atoms with E-state index in [4.69, 9.17) is 4.98 Å². The van der Waals surface area contributed by atoms with Crippen LogP contribution in [0.4, 0.5) is 11.5 Å². The average Bonchev–Trinajstić information content (AvgIpc) is 3.70. The van der Waals surface area contributed by atoms with E-state index in [1.807, 2.05) is 24.4 Å². The van der Waals surface area contributed by atoms with Crippen molar-refractivity contribution in [1.82, 2.24) is 34.6 Å². The summed E-state index contributed by atoms with van der Waals surface area (Å²) in [6.07, 6.45) is 9.55. The van der Waals surface area contributed by atoms with E-state index >= 15 is 0 Å². The number of rotatable bonds is 5. The Morgan fingerprint density at radius 2 is 1.63 bits per heavy atom. The molecule has 13 heteroatoms. The summed E-state index contributed by atoms with van der Waals surface area (Å²) in [4.78, 5) is 66.0. The zero-order valence-electron chi connectivity index (χ0n) is 29.6. The first-order chi connectivity index (χ1) is 25.2. The highest BCUT2D eigenvalue weighted by atomic mass is 16.2. The number of aromatic nitrogens is 4. The van der Waals surface area contributed by atoms with E-state index in [2.05, 4.69) is 48.5 Å². The molecule has 1 unspecified atom stereocenters. The number of carbonyl (C=O) groups is 3. The molecule has 4 aromatic rings. The first-order valence-electron chi connectivity index (χ1n) is 19.0. The highest BCUT2D eigenvalue weighted by molar-refractivity contribution is 6.00. The number of imidazole rings is 1. The standard InChI is InChI=1S/C39H45N9O4/c1-44-31-19-25(2-3-29(31)48(37(44)52)30-4-5-33(49)43-36(30)51)45-12-9-38(10-13-45)21-26(22-38)46-14-16-47(17-15-46)32-18-24(6-11-40-32)28-20-27-34(42-28)39(7-8-39)23-41-35(27)50/h2-3,6,11,18-20,26,30,42H,4-5,7-10,12-17,21-23H2,1H3,(H,41,50)(H,43,49,51). The summed E-state index contributed by atoms with van der Waals surface area (Å²) in [5, 5.41) is 5.46. The van der Waals surface area contributed by atoms with E-state index in [-0.39, 0.29) is 29.3 Å². The maximum atomic E-state index is 13.2. The molecule has 13 nitrogen and oxygen atoms in total. The van der Waals surface area contributed by atoms with Gasteiger partial charge in [0.25, 0.3) is 5.91 Å². The minimum absolute atomic E-state index is 0.0243. The summed E-state index contributed by atoms with van der Waals surface area (Å²) in [5.41, 5.74) is 6.90. The van der Waals surface area contributed by atoms with Gasteiger partial charge in [0.1, 0.15) is 11.9 Å². The number of anilines is 2. The SMILES string of the molecule is Cn1c(=O)n(C2CCC(=O)NC2=O)c2ccc(N3CCC4(CC3)CC(N3CCN(c5cc(-c6cc7c([nH]6)C6(CC6)CNC7=O)ccn5)CC3)C4)cc21. The van der Waals surface area contributed by atoms with Crippen molar-refractivity contribution in [2.75, 3.05) is 55.6 Å². The number of amides is 3. The molecule has 10 rings (SSSR count). The Morgan fingerprint density at radius 1 is 0.846 bits per heavy atom. The predicted molar refractivity (Wildman–Crippen MR) is 197 cm³/mol. The number of hydrogen-bond acceptors (Lipinski definition) is 8. The number of fused-ring (bicyclic) bond motifs is 3. The maximum Gasteiger partial charge on any atom is 0.329 e. The van der Waals surface area contributed by atoms with Gasteiger partial charge in [-0.15, -0.1) is 0 Å². The molecule has 6 aliphatic rings. The Kier molecular flexibility index (Phi) is 7.06. The Bertz CT molecular complexity index is 2190. The van der Waals surface area contributed by atoms with Crippen molar-refractivity contribution in [3.63, 3.8) is 0 Å². The van der Waals surface area contributed by atoms with Gasteiger partial charge in [-0.3, -0.25) is 33.7 Å². The lowest BCUT2D eigenvalue weighted by atomic mass is 9.60. The van der Waals surface area contributed by atoms with Gasteiger partial charge < -0.3 is 20.1 Å². The molecule has 1 atom stereocenters. The number of aryl methyl sites for hydroxylation is 1. The molecule has 4 aliphatic heterocycles. The molecule has 2 aliphatic carbocycles. The lowest BCUT2D eigenvalue weighted by Gasteiger charge is -2.56. The molecular formula is C39H45N9O4. The molecule has 7 heterocycles. The van der Waals surface area contributed by atoms with Crippen LogP contribution in [0, 0.1) is 5.41 Å². The van der Waals surface area contributed by atoms with Gasteiger partial charge in [0.15, 0.2) is 0 Å². The van der Waals surface area contributed by atoms with Crippen molar-refractivity contribution in [1.29, 1.82) is 0 Å². The number of pyridine rings is 1. The average molecular weight is 704 g/mol. The van der Waals surface area contributed by atoms with Crippen molar-refractivity contribution in [2.24, 2.45) is 12.5 Å². The third-order valence-electron chi connectivity index (χ3n) is 13.4. The van der Waals surface area contributed by atoms with Gasteiger partial charge in [-0.05, 0) is 86.8 Å². The van der Waals surface area contributed by atoms with Crippen LogP contribution in [0.25, 0.3) is 22.3 Å². The first-order valence-corrected chi connectivity index (χ1v) is 19.0. The van der Waals surface area contributed by atoms with Gasteiger partial charge in [-0.1, -0.05) is 0 Å². The Morgan fingerprint density at radius 3 is 2.38 bits per heavy atom. The predicted octanol–water partition coefficient (Wildman–Crippen LogP) is 3.05. The Hall–Kier alpha value is -4.91. The van der Waals surface area contributed by atoms with Gasteiger partial charge in [0, 0.05) is 99.6 Å². The molecule has 0 bridgehead atoms. The number of piperidine rings is 2. The number of aromatic amines is 1. The van der Waals surface area contributed by atoms with Crippen molar-refractivity contribution in [3.05, 3.63) is 64.3 Å². The van der Waals surface area contributed by atoms with E-state index in [1.54, 1.807) is 16.2 Å². The topological polar surface area (TPSA) is 141 Å². The molecule has 3 N–H and O–H groups in total. The van der Waals surface area contributed by atoms with Crippen LogP contribution in [0.3, 0.4) is 0 Å². The number of H-pyrrole nitrogens is 1. The van der Waals surface area contributed by atoms with Crippen LogP contribution in [0.2, 0.25) is 0 Å². The summed E-state index contributed by atoms with van der Waals surface area (Å²) < 4.78 is 3.17. The van der Waals surface area contributed by atoms with Crippen LogP contribution >= 0.6 is 0 Å². The van der Waals surface area contributed by atoms with Gasteiger partial charge >= 0.3 is 5.69 Å². The molecule has 0 radical (unpaired) electrons. The molecule has 5 fully saturated rings. The lowest BCUT2D eigenvalue weighted by molar-refractivity contribution is -0.135. The van der Waals surface area contributed by atoms with E-state index in [0.29, 0.717) is 17.9 Å². The van der Waals surface area contributed by atoms with Crippen molar-refractivity contribution >= 4 is 40.3 Å². The van der Waals surface area contributed by atoms with E-state index in [0.717, 1.165) is 104 Å². The van der Waals surface area contributed by atoms with Crippen LogP contribution < -0.4 is 26.1 Å². The van der Waals surface area contributed by atoms with Gasteiger partial charge in [-0.25, -0.2) is 9.78 Å². The van der Waals surface area contributed by atoms with Crippen LogP contribution in [0.5, 0.6) is 0 Å². The number of benzene rings is 1. The van der Waals surface area contributed by atoms with Crippen molar-refractivity contribution in [3.8, 4) is 11.3 Å². The molecule has 3 saturated heterocycles. The summed E-state index contributed by atoms with van der Waals surface area (Å²) in [5.74, 6) is 0.329. The van der Waals surface area contributed by atoms with Crippen LogP contribution in [0.15, 0.2) is 47.4 Å². The second-order valence-electron chi connectivity index (χ2n) is 16.3. The minimum Gasteiger partial charge on any atom is -0.371 e. The largest absolute Gasteiger partial charge is 0.371 e. The monoisotopic (exact) mass is 703 g/mol. The van der Waals surface area contributed by atoms with Crippen LogP contribution in [-0.2, 0) is 22.1 Å². The fourth-order valence-corrected chi connectivity index (χ4v) is 9.92. The Balaban J connectivity index is 0.749. The summed E-state index contributed by atoms with van der Waals surface area (Å²) in [6, 6.07) is 12.3. The fraction of sp³-hybridized carbons (Fsp3) is 0.513. The second-order valence-corrected chi connectivity index (χ2v) is 16.3. The van der Waals surface area contributed by atoms with Crippen molar-refractivity contribution in [2.45, 2.75) is 68.9 Å². The maximum absolute atomic E-state index is 13.2. The van der Waals surface area contributed by atoms with E-state index < -0.39 is 11.9 Å². The molecular weight excluding hydrogens is 658 g/mol. The van der Waals surface area contributed by atoms with Gasteiger partial charge in [0.2, 0.25) is 11.8 Å². The number of carbonyl (C=O) groups excluding carboxylic acids is 3. The van der Waals surface area contributed by atoms with E-state index in [1.165, 1.54) is 25.7 Å². The number of imide groups is 1. The first kappa shape index (κ1) is 31.8. The zero-order valence-corrected chi connectivity index (χ0v) is 29.6. The normalized spacial score (nSPS) is 24.2. The molecule has 3 aromatic heterocycles. The fourth-order valence-electron chi connectivity index (χ4n) is 9.92. The quantitative estimate of drug-likeness (QED) is 0.270. The summed E-state index contributed by atoms with van der Waals surface area (Å²) in [6.45, 7) is 6.70. The minimum atomic E-state index is -0.672. The zero-order chi connectivity index (χ0) is 35.4. The Labute approximate surface area is 301 Å². The molecule has 3 amide bonds. The van der Waals surface area contributed by atoms with Gasteiger partial charge in [-0.2, -0.15) is 0 Å². The van der Waals surface area contributed by atoms with Crippen molar-refractivity contribution < 1.29 is 14.4 Å². The highest BCUT2D eigenvalue weighted by Gasteiger charge is 2.51. The number of nitrogens with one attached hydrogen (secondary N) is 3. The number of piperazine rings is 1.